The zero-order chi connectivity index (χ0) is 13.1. The second-order valence-corrected chi connectivity index (χ2v) is 4.74. The zero-order valence-electron chi connectivity index (χ0n) is 10.1. The Labute approximate surface area is 109 Å². The first-order valence-electron chi connectivity index (χ1n) is 5.53. The van der Waals surface area contributed by atoms with E-state index in [0.29, 0.717) is 5.01 Å². The van der Waals surface area contributed by atoms with Gasteiger partial charge in [-0.2, -0.15) is 0 Å². The molecule has 1 aromatic carbocycles. The molecule has 0 unspecified atom stereocenters. The van der Waals surface area contributed by atoms with Crippen molar-refractivity contribution in [1.82, 2.24) is 4.98 Å². The molecule has 2 rings (SSSR count). The Balaban J connectivity index is 2.34. The van der Waals surface area contributed by atoms with Gasteiger partial charge in [0.2, 0.25) is 0 Å². The highest BCUT2D eigenvalue weighted by atomic mass is 32.1. The molecule has 5 heteroatoms. The summed E-state index contributed by atoms with van der Waals surface area (Å²) in [4.78, 5) is 15.4. The highest BCUT2D eigenvalue weighted by molar-refractivity contribution is 7.17. The van der Waals surface area contributed by atoms with Crippen LogP contribution in [0.15, 0.2) is 24.3 Å². The molecule has 0 fully saturated rings. The first kappa shape index (κ1) is 12.6. The third kappa shape index (κ3) is 2.51. The van der Waals surface area contributed by atoms with Crippen LogP contribution in [0.2, 0.25) is 0 Å². The molecule has 0 radical (unpaired) electrons. The molecular formula is C13H12NO3S-. The van der Waals surface area contributed by atoms with Crippen LogP contribution in [-0.2, 0) is 4.74 Å². The predicted octanol–water partition coefficient (Wildman–Crippen LogP) is 2.37. The average molecular weight is 262 g/mol. The summed E-state index contributed by atoms with van der Waals surface area (Å²) < 4.78 is 4.81. The van der Waals surface area contributed by atoms with Gasteiger partial charge in [-0.05, 0) is 13.8 Å². The molecule has 0 aliphatic heterocycles. The van der Waals surface area contributed by atoms with Crippen LogP contribution in [0.4, 0.5) is 0 Å². The third-order valence-electron chi connectivity index (χ3n) is 2.36. The normalized spacial score (nSPS) is 10.3. The zero-order valence-corrected chi connectivity index (χ0v) is 10.9. The lowest BCUT2D eigenvalue weighted by Gasteiger charge is -2.02. The van der Waals surface area contributed by atoms with Gasteiger partial charge in [0.15, 0.2) is 0 Å². The fraction of sp³-hybridized carbons (Fsp3) is 0.231. The third-order valence-corrected chi connectivity index (χ3v) is 3.42. The fourth-order valence-electron chi connectivity index (χ4n) is 1.45. The molecule has 0 N–H and O–H groups in total. The Kier molecular flexibility index (Phi) is 3.62. The summed E-state index contributed by atoms with van der Waals surface area (Å²) in [5, 5.41) is 12.1. The number of nitrogens with zero attached hydrogens (tertiary/aromatic N) is 1. The Bertz CT molecular complexity index is 560. The molecule has 0 amide bonds. The highest BCUT2D eigenvalue weighted by Crippen LogP contribution is 2.30. The topological polar surface area (TPSA) is 62.2 Å². The number of carbonyl (C=O) groups excluding carboxylic acids is 1. The number of benzene rings is 1. The average Bonchev–Trinajstić information content (AvgIpc) is 2.72. The number of aromatic nitrogens is 1. The van der Waals surface area contributed by atoms with Crippen molar-refractivity contribution in [3.8, 4) is 16.5 Å². The minimum Gasteiger partial charge on any atom is -0.857 e. The van der Waals surface area contributed by atoms with Crippen molar-refractivity contribution in [2.45, 2.75) is 13.8 Å². The molecule has 0 aliphatic rings. The molecule has 0 aliphatic carbocycles. The number of thiazole rings is 1. The number of rotatable bonds is 3. The van der Waals surface area contributed by atoms with Crippen LogP contribution >= 0.6 is 11.3 Å². The van der Waals surface area contributed by atoms with Gasteiger partial charge in [-0.25, -0.2) is 4.79 Å². The van der Waals surface area contributed by atoms with Gasteiger partial charge in [-0.1, -0.05) is 29.8 Å². The number of carbonyl (C=O) groups is 1. The van der Waals surface area contributed by atoms with E-state index in [4.69, 9.17) is 4.74 Å². The van der Waals surface area contributed by atoms with Crippen molar-refractivity contribution in [3.63, 3.8) is 0 Å². The van der Waals surface area contributed by atoms with Gasteiger partial charge >= 0.3 is 5.97 Å². The van der Waals surface area contributed by atoms with Gasteiger partial charge < -0.3 is 9.84 Å². The molecule has 1 heterocycles. The summed E-state index contributed by atoms with van der Waals surface area (Å²) >= 11 is 1.07. The van der Waals surface area contributed by atoms with Crippen molar-refractivity contribution in [2.24, 2.45) is 0 Å². The lowest BCUT2D eigenvalue weighted by molar-refractivity contribution is -0.274. The van der Waals surface area contributed by atoms with Crippen LogP contribution in [0.1, 0.15) is 22.2 Å². The largest absolute Gasteiger partial charge is 0.857 e. The Hall–Kier alpha value is -1.88. The van der Waals surface area contributed by atoms with E-state index < -0.39 is 11.8 Å². The summed E-state index contributed by atoms with van der Waals surface area (Å²) in [6.45, 7) is 3.93. The summed E-state index contributed by atoms with van der Waals surface area (Å²) in [7, 11) is 0. The molecule has 1 aromatic heterocycles. The maximum atomic E-state index is 11.6. The Morgan fingerprint density at radius 2 is 2.06 bits per heavy atom. The lowest BCUT2D eigenvalue weighted by Crippen LogP contribution is -2.06. The van der Waals surface area contributed by atoms with Crippen molar-refractivity contribution >= 4 is 17.3 Å². The van der Waals surface area contributed by atoms with Crippen molar-refractivity contribution in [3.05, 3.63) is 34.7 Å². The maximum Gasteiger partial charge on any atom is 0.349 e. The Morgan fingerprint density at radius 3 is 2.67 bits per heavy atom. The Morgan fingerprint density at radius 1 is 1.39 bits per heavy atom. The minimum atomic E-state index is -0.599. The van der Waals surface area contributed by atoms with Gasteiger partial charge in [0.25, 0.3) is 0 Å². The molecule has 94 valence electrons. The monoisotopic (exact) mass is 262 g/mol. The number of esters is 1. The van der Waals surface area contributed by atoms with Gasteiger partial charge in [-0.3, -0.25) is 4.98 Å². The maximum absolute atomic E-state index is 11.6. The summed E-state index contributed by atoms with van der Waals surface area (Å²) in [5.74, 6) is -1.12. The van der Waals surface area contributed by atoms with E-state index in [2.05, 4.69) is 4.98 Å². The second kappa shape index (κ2) is 5.18. The van der Waals surface area contributed by atoms with E-state index in [1.54, 1.807) is 6.92 Å². The molecule has 0 saturated heterocycles. The summed E-state index contributed by atoms with van der Waals surface area (Å²) in [5.41, 5.74) is 1.96. The number of hydrogen-bond acceptors (Lipinski definition) is 5. The number of ether oxygens (including phenoxy) is 1. The lowest BCUT2D eigenvalue weighted by atomic mass is 10.2. The first-order valence-corrected chi connectivity index (χ1v) is 6.35. The van der Waals surface area contributed by atoms with Gasteiger partial charge in [0.05, 0.1) is 6.61 Å². The van der Waals surface area contributed by atoms with Crippen molar-refractivity contribution < 1.29 is 14.6 Å². The highest BCUT2D eigenvalue weighted by Gasteiger charge is 2.14. The minimum absolute atomic E-state index is 0.0347. The van der Waals surface area contributed by atoms with E-state index in [9.17, 15) is 9.90 Å². The van der Waals surface area contributed by atoms with Crippen LogP contribution in [0.5, 0.6) is 5.88 Å². The number of hydrogen-bond donors (Lipinski definition) is 0. The molecule has 0 saturated carbocycles. The SMILES string of the molecule is CCOC(=O)c1sc(-c2ccc(C)cc2)nc1[O-]. The molecule has 0 spiro atoms. The van der Waals surface area contributed by atoms with E-state index in [1.165, 1.54) is 0 Å². The van der Waals surface area contributed by atoms with E-state index in [-0.39, 0.29) is 11.5 Å². The van der Waals surface area contributed by atoms with Gasteiger partial charge in [0, 0.05) is 11.4 Å². The molecule has 4 nitrogen and oxygen atoms in total. The van der Waals surface area contributed by atoms with Crippen LogP contribution in [0.25, 0.3) is 10.6 Å². The van der Waals surface area contributed by atoms with E-state index in [0.717, 1.165) is 22.5 Å². The van der Waals surface area contributed by atoms with Crippen molar-refractivity contribution in [1.29, 1.82) is 0 Å². The molecular weight excluding hydrogens is 250 g/mol. The molecule has 0 atom stereocenters. The predicted molar refractivity (Wildman–Crippen MR) is 67.7 cm³/mol. The smallest absolute Gasteiger partial charge is 0.349 e. The van der Waals surface area contributed by atoms with Crippen LogP contribution < -0.4 is 5.11 Å². The van der Waals surface area contributed by atoms with Crippen LogP contribution in [-0.4, -0.2) is 17.6 Å². The standard InChI is InChI=1S/C13H13NO3S/c1-3-17-13(16)10-11(15)14-12(18-10)9-6-4-8(2)5-7-9/h4-7,15H,3H2,1-2H3/p-1. The second-order valence-electron chi connectivity index (χ2n) is 3.74. The summed E-state index contributed by atoms with van der Waals surface area (Å²) in [6.07, 6.45) is 0. The van der Waals surface area contributed by atoms with E-state index in [1.807, 2.05) is 31.2 Å². The summed E-state index contributed by atoms with van der Waals surface area (Å²) in [6, 6.07) is 7.63. The van der Waals surface area contributed by atoms with E-state index >= 15 is 0 Å². The van der Waals surface area contributed by atoms with Gasteiger partial charge in [-0.15, -0.1) is 11.3 Å². The fourth-order valence-corrected chi connectivity index (χ4v) is 2.30. The molecule has 0 bridgehead atoms. The number of aryl methyl sites for hydroxylation is 1. The first-order chi connectivity index (χ1) is 8.61. The van der Waals surface area contributed by atoms with Crippen LogP contribution in [0.3, 0.4) is 0 Å². The molecule has 2 aromatic rings. The van der Waals surface area contributed by atoms with Crippen molar-refractivity contribution in [2.75, 3.05) is 6.61 Å². The quantitative estimate of drug-likeness (QED) is 0.797. The molecule has 18 heavy (non-hydrogen) atoms. The van der Waals surface area contributed by atoms with Crippen LogP contribution in [0, 0.1) is 6.92 Å². The van der Waals surface area contributed by atoms with Gasteiger partial charge in [0.1, 0.15) is 9.88 Å².